The zero-order valence-electron chi connectivity index (χ0n) is 18.0. The van der Waals surface area contributed by atoms with E-state index in [4.69, 9.17) is 0 Å². The second-order valence-electron chi connectivity index (χ2n) is 8.83. The van der Waals surface area contributed by atoms with E-state index in [1.807, 2.05) is 0 Å². The van der Waals surface area contributed by atoms with Gasteiger partial charge in [0.05, 0.1) is 8.07 Å². The van der Waals surface area contributed by atoms with Gasteiger partial charge in [0, 0.05) is 18.0 Å². The zero-order valence-corrected chi connectivity index (χ0v) is 19.8. The van der Waals surface area contributed by atoms with Gasteiger partial charge in [0.15, 0.2) is 0 Å². The third kappa shape index (κ3) is 3.95. The predicted octanol–water partition coefficient (Wildman–Crippen LogP) is 5.20. The third-order valence-corrected chi connectivity index (χ3v) is 14.1. The molecule has 0 saturated carbocycles. The second kappa shape index (κ2) is 8.23. The maximum atomic E-state index is 3.61. The highest BCUT2D eigenvalue weighted by Crippen LogP contribution is 2.39. The summed E-state index contributed by atoms with van der Waals surface area (Å²) in [6, 6.07) is 28.9. The molecule has 3 rings (SSSR count). The van der Waals surface area contributed by atoms with Crippen molar-refractivity contribution < 1.29 is 0 Å². The lowest BCUT2D eigenvalue weighted by atomic mass is 10.2. The first-order valence-electron chi connectivity index (χ1n) is 9.99. The Hall–Kier alpha value is -1.89. The highest BCUT2D eigenvalue weighted by atomic mass is 31.1. The molecule has 0 atom stereocenters. The van der Waals surface area contributed by atoms with Gasteiger partial charge in [-0.25, -0.2) is 0 Å². The molecule has 0 radical (unpaired) electrons. The van der Waals surface area contributed by atoms with Crippen molar-refractivity contribution in [3.05, 3.63) is 78.9 Å². The van der Waals surface area contributed by atoms with Gasteiger partial charge >= 0.3 is 0 Å². The Kier molecular flexibility index (Phi) is 6.12. The van der Waals surface area contributed by atoms with Gasteiger partial charge in [-0.15, -0.1) is 0 Å². The first kappa shape index (κ1) is 20.8. The molecule has 3 heteroatoms. The standard InChI is InChI=1S/C25H32NPSi/c1-25(2,3)28(5,6)23-19-13-18-22(24(23)26-4)27(20-14-9-7-10-15-20)21-16-11-8-12-17-21/h7-19,26H,1-6H3. The molecule has 0 aliphatic rings. The van der Waals surface area contributed by atoms with Gasteiger partial charge in [0.25, 0.3) is 0 Å². The Labute approximate surface area is 173 Å². The summed E-state index contributed by atoms with van der Waals surface area (Å²) in [6.07, 6.45) is 0. The quantitative estimate of drug-likeness (QED) is 0.454. The fourth-order valence-corrected chi connectivity index (χ4v) is 8.29. The van der Waals surface area contributed by atoms with Crippen molar-refractivity contribution in [2.45, 2.75) is 38.9 Å². The van der Waals surface area contributed by atoms with E-state index >= 15 is 0 Å². The van der Waals surface area contributed by atoms with Crippen molar-refractivity contribution in [2.75, 3.05) is 12.4 Å². The second-order valence-corrected chi connectivity index (χ2v) is 16.3. The summed E-state index contributed by atoms with van der Waals surface area (Å²) < 4.78 is 0. The van der Waals surface area contributed by atoms with Crippen molar-refractivity contribution in [2.24, 2.45) is 0 Å². The van der Waals surface area contributed by atoms with Crippen molar-refractivity contribution >= 4 is 42.8 Å². The van der Waals surface area contributed by atoms with Crippen LogP contribution in [0.25, 0.3) is 0 Å². The molecule has 0 fully saturated rings. The lowest BCUT2D eigenvalue weighted by molar-refractivity contribution is 0.729. The van der Waals surface area contributed by atoms with Crippen LogP contribution in [0.3, 0.4) is 0 Å². The van der Waals surface area contributed by atoms with Gasteiger partial charge in [-0.2, -0.15) is 0 Å². The highest BCUT2D eigenvalue weighted by molar-refractivity contribution is 7.80. The van der Waals surface area contributed by atoms with Crippen molar-refractivity contribution in [3.8, 4) is 0 Å². The summed E-state index contributed by atoms with van der Waals surface area (Å²) in [5, 5.41) is 9.65. The van der Waals surface area contributed by atoms with E-state index in [0.29, 0.717) is 5.04 Å². The maximum absolute atomic E-state index is 3.61. The van der Waals surface area contributed by atoms with Crippen LogP contribution < -0.4 is 26.4 Å². The molecule has 0 aliphatic heterocycles. The number of nitrogens with one attached hydrogen (secondary N) is 1. The lowest BCUT2D eigenvalue weighted by Crippen LogP contribution is -2.51. The maximum Gasteiger partial charge on any atom is 0.0886 e. The van der Waals surface area contributed by atoms with Crippen LogP contribution in [0.1, 0.15) is 20.8 Å². The molecular weight excluding hydrogens is 373 g/mol. The predicted molar refractivity (Wildman–Crippen MR) is 132 cm³/mol. The first-order valence-corrected chi connectivity index (χ1v) is 14.3. The van der Waals surface area contributed by atoms with E-state index in [2.05, 4.69) is 125 Å². The van der Waals surface area contributed by atoms with Crippen molar-refractivity contribution in [1.29, 1.82) is 0 Å². The van der Waals surface area contributed by atoms with E-state index in [0.717, 1.165) is 0 Å². The molecular formula is C25H32NPSi. The third-order valence-electron chi connectivity index (χ3n) is 6.11. The van der Waals surface area contributed by atoms with Crippen LogP contribution in [0.5, 0.6) is 0 Å². The molecule has 0 amide bonds. The number of para-hydroxylation sites is 1. The zero-order chi connectivity index (χ0) is 20.4. The lowest BCUT2D eigenvalue weighted by Gasteiger charge is -2.39. The van der Waals surface area contributed by atoms with Gasteiger partial charge in [0.1, 0.15) is 0 Å². The Balaban J connectivity index is 2.26. The molecule has 3 aromatic carbocycles. The highest BCUT2D eigenvalue weighted by Gasteiger charge is 2.39. The van der Waals surface area contributed by atoms with Gasteiger partial charge in [-0.1, -0.05) is 113 Å². The van der Waals surface area contributed by atoms with Crippen LogP contribution in [0.2, 0.25) is 18.1 Å². The van der Waals surface area contributed by atoms with E-state index in [1.54, 1.807) is 0 Å². The molecule has 0 unspecified atom stereocenters. The van der Waals surface area contributed by atoms with Crippen LogP contribution in [0.4, 0.5) is 5.69 Å². The average Bonchev–Trinajstić information content (AvgIpc) is 2.69. The number of anilines is 1. The summed E-state index contributed by atoms with van der Waals surface area (Å²) in [7, 11) is -0.208. The fourth-order valence-electron chi connectivity index (χ4n) is 3.50. The Morgan fingerprint density at radius 1 is 0.714 bits per heavy atom. The molecule has 28 heavy (non-hydrogen) atoms. The SMILES string of the molecule is CNc1c(P(c2ccccc2)c2ccccc2)cccc1[Si](C)(C)C(C)(C)C. The van der Waals surface area contributed by atoms with Gasteiger partial charge in [0.2, 0.25) is 0 Å². The van der Waals surface area contributed by atoms with Crippen molar-refractivity contribution in [3.63, 3.8) is 0 Å². The Bertz CT molecular complexity index is 875. The molecule has 0 aromatic heterocycles. The Morgan fingerprint density at radius 2 is 1.21 bits per heavy atom. The van der Waals surface area contributed by atoms with E-state index in [-0.39, 0.29) is 0 Å². The molecule has 0 spiro atoms. The summed E-state index contributed by atoms with van der Waals surface area (Å²) in [6.45, 7) is 12.2. The fraction of sp³-hybridized carbons (Fsp3) is 0.280. The van der Waals surface area contributed by atoms with Gasteiger partial charge in [-0.3, -0.25) is 0 Å². The number of hydrogen-bond acceptors (Lipinski definition) is 1. The molecule has 0 saturated heterocycles. The van der Waals surface area contributed by atoms with Gasteiger partial charge < -0.3 is 5.32 Å². The average molecular weight is 406 g/mol. The number of benzene rings is 3. The smallest absolute Gasteiger partial charge is 0.0886 e. The van der Waals surface area contributed by atoms with Gasteiger partial charge in [-0.05, 0) is 28.8 Å². The summed E-state index contributed by atoms with van der Waals surface area (Å²) in [5.74, 6) is 0. The molecule has 3 aromatic rings. The van der Waals surface area contributed by atoms with Crippen LogP contribution >= 0.6 is 7.92 Å². The molecule has 1 N–H and O–H groups in total. The summed E-state index contributed by atoms with van der Waals surface area (Å²) >= 11 is 0. The minimum Gasteiger partial charge on any atom is -0.388 e. The van der Waals surface area contributed by atoms with Crippen LogP contribution in [0, 0.1) is 0 Å². The molecule has 146 valence electrons. The minimum absolute atomic E-state index is 0.291. The monoisotopic (exact) mass is 405 g/mol. The topological polar surface area (TPSA) is 12.0 Å². The molecule has 0 bridgehead atoms. The normalized spacial score (nSPS) is 12.2. The summed E-state index contributed by atoms with van der Waals surface area (Å²) in [4.78, 5) is 0. The largest absolute Gasteiger partial charge is 0.388 e. The number of hydrogen-bond donors (Lipinski definition) is 1. The van der Waals surface area contributed by atoms with Crippen molar-refractivity contribution in [1.82, 2.24) is 0 Å². The molecule has 1 nitrogen and oxygen atoms in total. The summed E-state index contributed by atoms with van der Waals surface area (Å²) in [5.41, 5.74) is 1.34. The first-order chi connectivity index (χ1) is 13.3. The minimum atomic E-state index is -1.68. The molecule has 0 aliphatic carbocycles. The molecule has 0 heterocycles. The van der Waals surface area contributed by atoms with E-state index in [1.165, 1.54) is 26.8 Å². The van der Waals surface area contributed by atoms with E-state index in [9.17, 15) is 0 Å². The van der Waals surface area contributed by atoms with E-state index < -0.39 is 16.0 Å². The Morgan fingerprint density at radius 3 is 1.64 bits per heavy atom. The number of rotatable bonds is 5. The van der Waals surface area contributed by atoms with Crippen LogP contribution in [-0.4, -0.2) is 15.1 Å². The van der Waals surface area contributed by atoms with Crippen LogP contribution in [0.15, 0.2) is 78.9 Å². The van der Waals surface area contributed by atoms with Crippen LogP contribution in [-0.2, 0) is 0 Å².